The first-order chi connectivity index (χ1) is 10.2. The van der Waals surface area contributed by atoms with Crippen LogP contribution in [0.15, 0.2) is 30.3 Å². The third-order valence-electron chi connectivity index (χ3n) is 3.37. The molecule has 0 bridgehead atoms. The molecule has 21 heavy (non-hydrogen) atoms. The maximum absolute atomic E-state index is 13.0. The minimum absolute atomic E-state index is 0.200. The van der Waals surface area contributed by atoms with Crippen molar-refractivity contribution < 1.29 is 13.6 Å². The molecule has 1 aliphatic heterocycles. The Morgan fingerprint density at radius 1 is 1.33 bits per heavy atom. The zero-order valence-corrected chi connectivity index (χ0v) is 11.1. The van der Waals surface area contributed by atoms with Crippen molar-refractivity contribution in [3.05, 3.63) is 47.4 Å². The highest BCUT2D eigenvalue weighted by Gasteiger charge is 2.25. The number of carbonyl (C=O) groups is 1. The number of rotatable bonds is 3. The quantitative estimate of drug-likeness (QED) is 0.911. The summed E-state index contributed by atoms with van der Waals surface area (Å²) in [7, 11) is 0. The molecule has 2 N–H and O–H groups in total. The standard InChI is InChI=1S/C14H14F2N4O/c15-11(16)13-18-12(10-8-17-6-7-20(10)13)19-14(21)9-4-2-1-3-5-9/h1-5,11,17H,6-8H2,(H,19,21). The first-order valence-corrected chi connectivity index (χ1v) is 6.61. The summed E-state index contributed by atoms with van der Waals surface area (Å²) >= 11 is 0. The molecule has 0 saturated carbocycles. The number of imidazole rings is 1. The van der Waals surface area contributed by atoms with Gasteiger partial charge in [-0.25, -0.2) is 13.8 Å². The number of halogens is 2. The SMILES string of the molecule is O=C(Nc1nc(C(F)F)n2c1CNCC2)c1ccccc1. The average Bonchev–Trinajstić information content (AvgIpc) is 2.87. The highest BCUT2D eigenvalue weighted by Crippen LogP contribution is 2.26. The highest BCUT2D eigenvalue weighted by atomic mass is 19.3. The summed E-state index contributed by atoms with van der Waals surface area (Å²) in [6.07, 6.45) is -2.66. The van der Waals surface area contributed by atoms with Crippen LogP contribution < -0.4 is 10.6 Å². The van der Waals surface area contributed by atoms with Crippen molar-refractivity contribution in [2.45, 2.75) is 19.5 Å². The molecule has 1 aliphatic rings. The predicted octanol–water partition coefficient (Wildman–Crippen LogP) is 2.18. The van der Waals surface area contributed by atoms with E-state index in [-0.39, 0.29) is 17.5 Å². The molecule has 0 radical (unpaired) electrons. The van der Waals surface area contributed by atoms with Gasteiger partial charge in [0.1, 0.15) is 0 Å². The van der Waals surface area contributed by atoms with E-state index >= 15 is 0 Å². The topological polar surface area (TPSA) is 59.0 Å². The van der Waals surface area contributed by atoms with Gasteiger partial charge in [0, 0.05) is 25.2 Å². The Kier molecular flexibility index (Phi) is 3.66. The van der Waals surface area contributed by atoms with E-state index in [9.17, 15) is 13.6 Å². The molecular weight excluding hydrogens is 278 g/mol. The van der Waals surface area contributed by atoms with Crippen molar-refractivity contribution in [3.63, 3.8) is 0 Å². The molecule has 0 unspecified atom stereocenters. The first-order valence-electron chi connectivity index (χ1n) is 6.61. The fourth-order valence-electron chi connectivity index (χ4n) is 2.37. The van der Waals surface area contributed by atoms with Gasteiger partial charge in [-0.1, -0.05) is 18.2 Å². The normalized spacial score (nSPS) is 14.0. The van der Waals surface area contributed by atoms with Gasteiger partial charge in [0.25, 0.3) is 12.3 Å². The lowest BCUT2D eigenvalue weighted by molar-refractivity contribution is 0.102. The Labute approximate surface area is 120 Å². The van der Waals surface area contributed by atoms with E-state index in [0.717, 1.165) is 0 Å². The molecular formula is C14H14F2N4O. The van der Waals surface area contributed by atoms with Crippen LogP contribution in [-0.2, 0) is 13.1 Å². The maximum Gasteiger partial charge on any atom is 0.295 e. The third kappa shape index (κ3) is 2.64. The molecule has 0 aliphatic carbocycles. The van der Waals surface area contributed by atoms with Crippen molar-refractivity contribution >= 4 is 11.7 Å². The van der Waals surface area contributed by atoms with Crippen LogP contribution >= 0.6 is 0 Å². The second-order valence-corrected chi connectivity index (χ2v) is 4.71. The number of carbonyl (C=O) groups excluding carboxylic acids is 1. The van der Waals surface area contributed by atoms with Crippen molar-refractivity contribution in [1.82, 2.24) is 14.9 Å². The number of nitrogens with one attached hydrogen (secondary N) is 2. The lowest BCUT2D eigenvalue weighted by Gasteiger charge is -2.18. The highest BCUT2D eigenvalue weighted by molar-refractivity contribution is 6.04. The summed E-state index contributed by atoms with van der Waals surface area (Å²) in [5, 5.41) is 5.71. The Balaban J connectivity index is 1.90. The molecule has 0 fully saturated rings. The van der Waals surface area contributed by atoms with Crippen LogP contribution in [0.1, 0.15) is 28.3 Å². The predicted molar refractivity (Wildman–Crippen MR) is 73.3 cm³/mol. The molecule has 5 nitrogen and oxygen atoms in total. The molecule has 0 atom stereocenters. The molecule has 1 aromatic carbocycles. The fourth-order valence-corrected chi connectivity index (χ4v) is 2.37. The Morgan fingerprint density at radius 2 is 2.10 bits per heavy atom. The van der Waals surface area contributed by atoms with E-state index in [1.165, 1.54) is 4.57 Å². The summed E-state index contributed by atoms with van der Waals surface area (Å²) < 4.78 is 27.5. The molecule has 0 spiro atoms. The van der Waals surface area contributed by atoms with Crippen LogP contribution in [0.4, 0.5) is 14.6 Å². The van der Waals surface area contributed by atoms with Crippen LogP contribution in [-0.4, -0.2) is 22.0 Å². The molecule has 1 aromatic heterocycles. The summed E-state index contributed by atoms with van der Waals surface area (Å²) in [5.74, 6) is -0.455. The maximum atomic E-state index is 13.0. The number of fused-ring (bicyclic) bond motifs is 1. The van der Waals surface area contributed by atoms with Crippen LogP contribution in [0.2, 0.25) is 0 Å². The molecule has 7 heteroatoms. The average molecular weight is 292 g/mol. The number of hydrogen-bond donors (Lipinski definition) is 2. The number of hydrogen-bond acceptors (Lipinski definition) is 3. The largest absolute Gasteiger partial charge is 0.323 e. The van der Waals surface area contributed by atoms with Crippen molar-refractivity contribution in [3.8, 4) is 0 Å². The minimum Gasteiger partial charge on any atom is -0.323 e. The van der Waals surface area contributed by atoms with E-state index in [1.54, 1.807) is 30.3 Å². The van der Waals surface area contributed by atoms with Crippen molar-refractivity contribution in [2.24, 2.45) is 0 Å². The third-order valence-corrected chi connectivity index (χ3v) is 3.37. The first kappa shape index (κ1) is 13.7. The van der Waals surface area contributed by atoms with Crippen molar-refractivity contribution in [1.29, 1.82) is 0 Å². The van der Waals surface area contributed by atoms with Crippen LogP contribution in [0.3, 0.4) is 0 Å². The Morgan fingerprint density at radius 3 is 2.81 bits per heavy atom. The summed E-state index contributed by atoms with van der Waals surface area (Å²) in [6, 6.07) is 8.59. The minimum atomic E-state index is -2.66. The molecule has 110 valence electrons. The summed E-state index contributed by atoms with van der Waals surface area (Å²) in [5.41, 5.74) is 1.04. The van der Waals surface area contributed by atoms with Gasteiger partial charge in [0.05, 0.1) is 5.69 Å². The van der Waals surface area contributed by atoms with E-state index in [1.807, 2.05) is 0 Å². The lowest BCUT2D eigenvalue weighted by atomic mass is 10.2. The van der Waals surface area contributed by atoms with E-state index in [2.05, 4.69) is 15.6 Å². The Bertz CT molecular complexity index is 654. The van der Waals surface area contributed by atoms with Gasteiger partial charge in [-0.15, -0.1) is 0 Å². The molecule has 2 heterocycles. The molecule has 3 rings (SSSR count). The fraction of sp³-hybridized carbons (Fsp3) is 0.286. The second kappa shape index (κ2) is 5.61. The van der Waals surface area contributed by atoms with Crippen LogP contribution in [0, 0.1) is 0 Å². The van der Waals surface area contributed by atoms with Gasteiger partial charge in [0.15, 0.2) is 11.6 Å². The van der Waals surface area contributed by atoms with Crippen molar-refractivity contribution in [2.75, 3.05) is 11.9 Å². The lowest BCUT2D eigenvalue weighted by Crippen LogP contribution is -2.29. The van der Waals surface area contributed by atoms with Crippen LogP contribution in [0.5, 0.6) is 0 Å². The smallest absolute Gasteiger partial charge is 0.295 e. The molecule has 2 aromatic rings. The number of benzene rings is 1. The molecule has 0 saturated heterocycles. The summed E-state index contributed by atoms with van der Waals surface area (Å²) in [6.45, 7) is 1.43. The van der Waals surface area contributed by atoms with Crippen LogP contribution in [0.25, 0.3) is 0 Å². The number of nitrogens with zero attached hydrogens (tertiary/aromatic N) is 2. The van der Waals surface area contributed by atoms with Gasteiger partial charge in [-0.05, 0) is 12.1 Å². The van der Waals surface area contributed by atoms with E-state index in [4.69, 9.17) is 0 Å². The number of alkyl halides is 2. The number of anilines is 1. The van der Waals surface area contributed by atoms with Gasteiger partial charge in [0.2, 0.25) is 0 Å². The van der Waals surface area contributed by atoms with Gasteiger partial charge in [-0.3, -0.25) is 4.79 Å². The van der Waals surface area contributed by atoms with E-state index in [0.29, 0.717) is 30.9 Å². The molecule has 1 amide bonds. The number of aromatic nitrogens is 2. The summed E-state index contributed by atoms with van der Waals surface area (Å²) in [4.78, 5) is 16.0. The van der Waals surface area contributed by atoms with Gasteiger partial charge in [-0.2, -0.15) is 0 Å². The zero-order chi connectivity index (χ0) is 14.8. The monoisotopic (exact) mass is 292 g/mol. The number of amides is 1. The zero-order valence-electron chi connectivity index (χ0n) is 11.1. The van der Waals surface area contributed by atoms with E-state index < -0.39 is 6.43 Å². The second-order valence-electron chi connectivity index (χ2n) is 4.71. The van der Waals surface area contributed by atoms with Gasteiger partial charge >= 0.3 is 0 Å². The van der Waals surface area contributed by atoms with Gasteiger partial charge < -0.3 is 15.2 Å². The Hall–Kier alpha value is -2.28.